The molecule has 2 aliphatic rings. The van der Waals surface area contributed by atoms with Gasteiger partial charge in [0.05, 0.1) is 6.61 Å². The van der Waals surface area contributed by atoms with Crippen LogP contribution in [0.5, 0.6) is 0 Å². The van der Waals surface area contributed by atoms with E-state index in [9.17, 15) is 5.11 Å². The fourth-order valence-corrected chi connectivity index (χ4v) is 3.59. The highest BCUT2D eigenvalue weighted by Crippen LogP contribution is 2.27. The van der Waals surface area contributed by atoms with Crippen molar-refractivity contribution in [3.63, 3.8) is 0 Å². The van der Waals surface area contributed by atoms with E-state index in [2.05, 4.69) is 20.9 Å². The number of aromatic nitrogens is 1. The van der Waals surface area contributed by atoms with Crippen molar-refractivity contribution < 1.29 is 5.11 Å². The van der Waals surface area contributed by atoms with Crippen LogP contribution >= 0.6 is 0 Å². The Bertz CT molecular complexity index is 449. The van der Waals surface area contributed by atoms with Crippen LogP contribution in [0, 0.1) is 6.92 Å². The van der Waals surface area contributed by atoms with E-state index in [0.29, 0.717) is 0 Å². The summed E-state index contributed by atoms with van der Waals surface area (Å²) in [6.07, 6.45) is 7.40. The van der Waals surface area contributed by atoms with Gasteiger partial charge in [-0.1, -0.05) is 12.8 Å². The molecule has 1 aliphatic heterocycles. The summed E-state index contributed by atoms with van der Waals surface area (Å²) in [4.78, 5) is 9.36. The molecule has 0 aromatic carbocycles. The number of pyridine rings is 1. The van der Waals surface area contributed by atoms with Crippen molar-refractivity contribution in [2.24, 2.45) is 0 Å². The van der Waals surface area contributed by atoms with Crippen molar-refractivity contribution in [3.05, 3.63) is 23.5 Å². The number of nitrogens with zero attached hydrogens (tertiary/aromatic N) is 3. The van der Waals surface area contributed by atoms with Crippen molar-refractivity contribution in [2.45, 2.75) is 45.3 Å². The van der Waals surface area contributed by atoms with Crippen LogP contribution in [-0.2, 0) is 6.61 Å². The number of anilines is 1. The summed E-state index contributed by atoms with van der Waals surface area (Å²) in [6.45, 7) is 6.51. The van der Waals surface area contributed by atoms with Gasteiger partial charge in [-0.3, -0.25) is 9.88 Å². The largest absolute Gasteiger partial charge is 0.392 e. The Morgan fingerprint density at radius 2 is 1.90 bits per heavy atom. The zero-order valence-corrected chi connectivity index (χ0v) is 12.4. The minimum Gasteiger partial charge on any atom is -0.392 e. The summed E-state index contributed by atoms with van der Waals surface area (Å²) >= 11 is 0. The molecule has 4 heteroatoms. The lowest BCUT2D eigenvalue weighted by molar-refractivity contribution is 0.187. The van der Waals surface area contributed by atoms with Crippen LogP contribution in [0.4, 0.5) is 5.69 Å². The number of rotatable bonds is 3. The number of aryl methyl sites for hydroxylation is 1. The molecule has 0 radical (unpaired) electrons. The van der Waals surface area contributed by atoms with Crippen molar-refractivity contribution in [1.82, 2.24) is 9.88 Å². The summed E-state index contributed by atoms with van der Waals surface area (Å²) in [5.74, 6) is 0. The number of aliphatic hydroxyl groups is 1. The molecule has 1 aromatic heterocycles. The molecular weight excluding hydrogens is 250 g/mol. The van der Waals surface area contributed by atoms with Crippen LogP contribution in [0.1, 0.15) is 36.9 Å². The first-order chi connectivity index (χ1) is 9.78. The maximum atomic E-state index is 9.49. The summed E-state index contributed by atoms with van der Waals surface area (Å²) in [5, 5.41) is 9.49. The minimum atomic E-state index is 0.0749. The van der Waals surface area contributed by atoms with Crippen LogP contribution in [0.25, 0.3) is 0 Å². The molecule has 110 valence electrons. The number of hydrogen-bond donors (Lipinski definition) is 1. The van der Waals surface area contributed by atoms with Gasteiger partial charge in [0.25, 0.3) is 0 Å². The van der Waals surface area contributed by atoms with Gasteiger partial charge < -0.3 is 10.0 Å². The molecule has 4 nitrogen and oxygen atoms in total. The molecule has 0 atom stereocenters. The molecule has 20 heavy (non-hydrogen) atoms. The number of hydrogen-bond acceptors (Lipinski definition) is 4. The van der Waals surface area contributed by atoms with Crippen molar-refractivity contribution in [3.8, 4) is 0 Å². The fourth-order valence-electron chi connectivity index (χ4n) is 3.59. The minimum absolute atomic E-state index is 0.0749. The first-order valence-corrected chi connectivity index (χ1v) is 7.83. The predicted octanol–water partition coefficient (Wildman–Crippen LogP) is 1.95. The molecule has 1 N–H and O–H groups in total. The molecule has 0 unspecified atom stereocenters. The molecule has 0 amide bonds. The van der Waals surface area contributed by atoms with E-state index in [0.717, 1.165) is 43.5 Å². The molecule has 3 rings (SSSR count). The van der Waals surface area contributed by atoms with E-state index in [4.69, 9.17) is 0 Å². The highest BCUT2D eigenvalue weighted by atomic mass is 16.3. The van der Waals surface area contributed by atoms with Gasteiger partial charge in [0.2, 0.25) is 0 Å². The fraction of sp³-hybridized carbons (Fsp3) is 0.688. The quantitative estimate of drug-likeness (QED) is 0.915. The number of piperazine rings is 1. The van der Waals surface area contributed by atoms with Crippen LogP contribution in [0.15, 0.2) is 12.3 Å². The summed E-state index contributed by atoms with van der Waals surface area (Å²) in [5.41, 5.74) is 3.14. The number of aliphatic hydroxyl groups excluding tert-OH is 1. The second-order valence-corrected chi connectivity index (χ2v) is 6.07. The summed E-state index contributed by atoms with van der Waals surface area (Å²) in [7, 11) is 0. The lowest BCUT2D eigenvalue weighted by atomic mass is 10.1. The summed E-state index contributed by atoms with van der Waals surface area (Å²) < 4.78 is 0. The maximum Gasteiger partial charge on any atom is 0.0717 e. The Morgan fingerprint density at radius 1 is 1.20 bits per heavy atom. The van der Waals surface area contributed by atoms with Gasteiger partial charge in [-0.2, -0.15) is 0 Å². The van der Waals surface area contributed by atoms with E-state index in [1.165, 1.54) is 31.4 Å². The van der Waals surface area contributed by atoms with Crippen LogP contribution in [0.3, 0.4) is 0 Å². The van der Waals surface area contributed by atoms with Gasteiger partial charge in [-0.25, -0.2) is 0 Å². The van der Waals surface area contributed by atoms with Gasteiger partial charge in [0, 0.05) is 55.4 Å². The lowest BCUT2D eigenvalue weighted by Gasteiger charge is -2.39. The van der Waals surface area contributed by atoms with Crippen LogP contribution in [-0.4, -0.2) is 47.2 Å². The van der Waals surface area contributed by atoms with Crippen molar-refractivity contribution >= 4 is 5.69 Å². The van der Waals surface area contributed by atoms with Crippen LogP contribution in [0.2, 0.25) is 0 Å². The zero-order valence-electron chi connectivity index (χ0n) is 12.4. The molecule has 1 aromatic rings. The van der Waals surface area contributed by atoms with Crippen LogP contribution < -0.4 is 4.90 Å². The molecule has 0 spiro atoms. The molecule has 0 bridgehead atoms. The Labute approximate surface area is 121 Å². The average Bonchev–Trinajstić information content (AvgIpc) is 3.02. The molecular formula is C16H25N3O. The summed E-state index contributed by atoms with van der Waals surface area (Å²) in [6, 6.07) is 2.94. The van der Waals surface area contributed by atoms with E-state index in [1.807, 2.05) is 13.1 Å². The Balaban J connectivity index is 1.67. The SMILES string of the molecule is Cc1cc(N2CCN(C3CCCC3)CC2)c(CO)cn1. The van der Waals surface area contributed by atoms with Gasteiger partial charge in [0.15, 0.2) is 0 Å². The van der Waals surface area contributed by atoms with Gasteiger partial charge >= 0.3 is 0 Å². The third kappa shape index (κ3) is 2.81. The second-order valence-electron chi connectivity index (χ2n) is 6.07. The standard InChI is InChI=1S/C16H25N3O/c1-13-10-16(14(12-20)11-17-13)19-8-6-18(7-9-19)15-4-2-3-5-15/h10-11,15,20H,2-9,12H2,1H3. The first kappa shape index (κ1) is 13.8. The third-order valence-corrected chi connectivity index (χ3v) is 4.77. The monoisotopic (exact) mass is 275 g/mol. The zero-order chi connectivity index (χ0) is 13.9. The third-order valence-electron chi connectivity index (χ3n) is 4.77. The molecule has 1 aliphatic carbocycles. The second kappa shape index (κ2) is 6.10. The smallest absolute Gasteiger partial charge is 0.0717 e. The van der Waals surface area contributed by atoms with Crippen molar-refractivity contribution in [2.75, 3.05) is 31.1 Å². The molecule has 1 saturated carbocycles. The molecule has 2 fully saturated rings. The van der Waals surface area contributed by atoms with E-state index in [-0.39, 0.29) is 6.61 Å². The Kier molecular flexibility index (Phi) is 4.22. The molecule has 2 heterocycles. The van der Waals surface area contributed by atoms with E-state index >= 15 is 0 Å². The lowest BCUT2D eigenvalue weighted by Crippen LogP contribution is -2.50. The van der Waals surface area contributed by atoms with Crippen molar-refractivity contribution in [1.29, 1.82) is 0 Å². The topological polar surface area (TPSA) is 39.6 Å². The highest BCUT2D eigenvalue weighted by Gasteiger charge is 2.26. The Hall–Kier alpha value is -1.13. The predicted molar refractivity (Wildman–Crippen MR) is 80.9 cm³/mol. The van der Waals surface area contributed by atoms with Gasteiger partial charge in [-0.05, 0) is 25.8 Å². The first-order valence-electron chi connectivity index (χ1n) is 7.83. The maximum absolute atomic E-state index is 9.49. The molecule has 1 saturated heterocycles. The normalized spacial score (nSPS) is 21.6. The Morgan fingerprint density at radius 3 is 2.55 bits per heavy atom. The van der Waals surface area contributed by atoms with Gasteiger partial charge in [-0.15, -0.1) is 0 Å². The highest BCUT2D eigenvalue weighted by molar-refractivity contribution is 5.53. The van der Waals surface area contributed by atoms with E-state index < -0.39 is 0 Å². The average molecular weight is 275 g/mol. The van der Waals surface area contributed by atoms with Gasteiger partial charge in [0.1, 0.15) is 0 Å². The van der Waals surface area contributed by atoms with E-state index in [1.54, 1.807) is 0 Å².